The molecule has 0 saturated heterocycles. The lowest BCUT2D eigenvalue weighted by Gasteiger charge is -2.21. The van der Waals surface area contributed by atoms with Crippen LogP contribution in [0, 0.1) is 5.41 Å². The number of nitrogens with zero attached hydrogens (tertiary/aromatic N) is 1. The van der Waals surface area contributed by atoms with Crippen LogP contribution < -0.4 is 0 Å². The third kappa shape index (κ3) is 2.49. The monoisotopic (exact) mass is 217 g/mol. The Hall–Kier alpha value is -1.18. The Morgan fingerprint density at radius 1 is 1.44 bits per heavy atom. The third-order valence-corrected chi connectivity index (χ3v) is 3.53. The van der Waals surface area contributed by atoms with E-state index in [9.17, 15) is 4.79 Å². The Kier molecular flexibility index (Phi) is 3.08. The second kappa shape index (κ2) is 4.36. The van der Waals surface area contributed by atoms with Crippen molar-refractivity contribution in [2.75, 3.05) is 0 Å². The summed E-state index contributed by atoms with van der Waals surface area (Å²) in [6.07, 6.45) is 6.41. The maximum absolute atomic E-state index is 11.3. The largest absolute Gasteiger partial charge is 0.300 e. The zero-order chi connectivity index (χ0) is 11.6. The number of ketones is 1. The van der Waals surface area contributed by atoms with Gasteiger partial charge in [0.25, 0.3) is 0 Å². The van der Waals surface area contributed by atoms with Gasteiger partial charge in [-0.05, 0) is 36.3 Å². The topological polar surface area (TPSA) is 30.0 Å². The van der Waals surface area contributed by atoms with Gasteiger partial charge in [-0.3, -0.25) is 9.78 Å². The summed E-state index contributed by atoms with van der Waals surface area (Å²) in [7, 11) is 0. The summed E-state index contributed by atoms with van der Waals surface area (Å²) in [5, 5.41) is 0. The van der Waals surface area contributed by atoms with E-state index in [1.54, 1.807) is 0 Å². The lowest BCUT2D eigenvalue weighted by Crippen LogP contribution is -2.16. The van der Waals surface area contributed by atoms with Gasteiger partial charge in [-0.1, -0.05) is 19.9 Å². The van der Waals surface area contributed by atoms with Crippen LogP contribution in [0.1, 0.15) is 44.4 Å². The maximum atomic E-state index is 11.3. The molecule has 1 fully saturated rings. The van der Waals surface area contributed by atoms with Gasteiger partial charge in [0.15, 0.2) is 0 Å². The first-order chi connectivity index (χ1) is 7.61. The summed E-state index contributed by atoms with van der Waals surface area (Å²) >= 11 is 0. The first-order valence-electron chi connectivity index (χ1n) is 6.07. The molecule has 2 rings (SSSR count). The van der Waals surface area contributed by atoms with Crippen molar-refractivity contribution in [3.8, 4) is 0 Å². The summed E-state index contributed by atoms with van der Waals surface area (Å²) in [5.74, 6) is 0.410. The van der Waals surface area contributed by atoms with Crippen molar-refractivity contribution in [1.82, 2.24) is 4.98 Å². The number of pyridine rings is 1. The van der Waals surface area contributed by atoms with Crippen molar-refractivity contribution < 1.29 is 4.79 Å². The maximum Gasteiger partial charge on any atom is 0.133 e. The van der Waals surface area contributed by atoms with Gasteiger partial charge in [-0.2, -0.15) is 0 Å². The Bertz CT molecular complexity index is 382. The second-order valence-corrected chi connectivity index (χ2v) is 5.21. The first-order valence-corrected chi connectivity index (χ1v) is 6.07. The number of carbonyl (C=O) groups is 1. The molecular weight excluding hydrogens is 198 g/mol. The molecule has 86 valence electrons. The minimum Gasteiger partial charge on any atom is -0.300 e. The molecule has 1 aliphatic rings. The highest BCUT2D eigenvalue weighted by Gasteiger charge is 2.34. The molecular formula is C14H19NO. The van der Waals surface area contributed by atoms with Gasteiger partial charge in [0.1, 0.15) is 5.78 Å². The van der Waals surface area contributed by atoms with Crippen LogP contribution in [0.3, 0.4) is 0 Å². The smallest absolute Gasteiger partial charge is 0.133 e. The molecule has 0 amide bonds. The fourth-order valence-electron chi connectivity index (χ4n) is 2.45. The van der Waals surface area contributed by atoms with Gasteiger partial charge in [0.05, 0.1) is 0 Å². The minimum absolute atomic E-state index is 0.151. The second-order valence-electron chi connectivity index (χ2n) is 5.21. The molecule has 1 aromatic rings. The normalized spacial score (nSPS) is 25.0. The fraction of sp³-hybridized carbons (Fsp3) is 0.571. The van der Waals surface area contributed by atoms with Crippen LogP contribution in [0.15, 0.2) is 18.3 Å². The van der Waals surface area contributed by atoms with E-state index in [1.807, 2.05) is 6.20 Å². The highest BCUT2D eigenvalue weighted by molar-refractivity contribution is 5.81. The predicted molar refractivity (Wildman–Crippen MR) is 64.3 cm³/mol. The van der Waals surface area contributed by atoms with E-state index in [4.69, 9.17) is 0 Å². The zero-order valence-electron chi connectivity index (χ0n) is 10.1. The van der Waals surface area contributed by atoms with Crippen LogP contribution >= 0.6 is 0 Å². The summed E-state index contributed by atoms with van der Waals surface area (Å²) in [6, 6.07) is 4.25. The SMILES string of the molecule is CCc1ccc(CC2(C)CCC(=O)C2)nc1. The lowest BCUT2D eigenvalue weighted by atomic mass is 9.83. The van der Waals surface area contributed by atoms with Crippen LogP contribution in [0.4, 0.5) is 0 Å². The lowest BCUT2D eigenvalue weighted by molar-refractivity contribution is -0.117. The highest BCUT2D eigenvalue weighted by Crippen LogP contribution is 2.38. The van der Waals surface area contributed by atoms with Gasteiger partial charge >= 0.3 is 0 Å². The molecule has 0 spiro atoms. The van der Waals surface area contributed by atoms with Crippen molar-refractivity contribution in [2.45, 2.75) is 46.0 Å². The molecule has 1 aromatic heterocycles. The number of rotatable bonds is 3. The molecule has 2 heteroatoms. The van der Waals surface area contributed by atoms with E-state index in [2.05, 4.69) is 31.0 Å². The van der Waals surface area contributed by atoms with Gasteiger partial charge in [-0.15, -0.1) is 0 Å². The van der Waals surface area contributed by atoms with Crippen molar-refractivity contribution in [3.05, 3.63) is 29.6 Å². The summed E-state index contributed by atoms with van der Waals surface area (Å²) < 4.78 is 0. The number of aryl methyl sites for hydroxylation is 1. The quantitative estimate of drug-likeness (QED) is 0.779. The molecule has 1 saturated carbocycles. The number of hydrogen-bond donors (Lipinski definition) is 0. The summed E-state index contributed by atoms with van der Waals surface area (Å²) in [5.41, 5.74) is 2.54. The van der Waals surface area contributed by atoms with Crippen molar-refractivity contribution in [1.29, 1.82) is 0 Å². The molecule has 16 heavy (non-hydrogen) atoms. The Balaban J connectivity index is 2.06. The van der Waals surface area contributed by atoms with Gasteiger partial charge in [0, 0.05) is 24.7 Å². The molecule has 0 aromatic carbocycles. The molecule has 1 heterocycles. The van der Waals surface area contributed by atoms with Crippen LogP contribution in [0.2, 0.25) is 0 Å². The molecule has 0 aliphatic heterocycles. The number of carbonyl (C=O) groups excluding carboxylic acids is 1. The molecule has 0 radical (unpaired) electrons. The van der Waals surface area contributed by atoms with Crippen LogP contribution in [0.5, 0.6) is 0 Å². The van der Waals surface area contributed by atoms with Gasteiger partial charge < -0.3 is 0 Å². The predicted octanol–water partition coefficient (Wildman–Crippen LogP) is 2.95. The minimum atomic E-state index is 0.151. The van der Waals surface area contributed by atoms with E-state index < -0.39 is 0 Å². The summed E-state index contributed by atoms with van der Waals surface area (Å²) in [4.78, 5) is 15.8. The van der Waals surface area contributed by atoms with E-state index in [0.29, 0.717) is 5.78 Å². The Morgan fingerprint density at radius 2 is 2.25 bits per heavy atom. The summed E-state index contributed by atoms with van der Waals surface area (Å²) in [6.45, 7) is 4.33. The first kappa shape index (κ1) is 11.3. The van der Waals surface area contributed by atoms with E-state index >= 15 is 0 Å². The van der Waals surface area contributed by atoms with Crippen LogP contribution in [-0.2, 0) is 17.6 Å². The van der Waals surface area contributed by atoms with Crippen LogP contribution in [-0.4, -0.2) is 10.8 Å². The average Bonchev–Trinajstić information content (AvgIpc) is 2.59. The van der Waals surface area contributed by atoms with Crippen molar-refractivity contribution >= 4 is 5.78 Å². The molecule has 1 unspecified atom stereocenters. The third-order valence-electron chi connectivity index (χ3n) is 3.53. The number of hydrogen-bond acceptors (Lipinski definition) is 2. The Labute approximate surface area is 97.1 Å². The highest BCUT2D eigenvalue weighted by atomic mass is 16.1. The molecule has 0 N–H and O–H groups in total. The number of Topliss-reactive ketones (excluding diaryl/α,β-unsaturated/α-hetero) is 1. The van der Waals surface area contributed by atoms with Gasteiger partial charge in [0.2, 0.25) is 0 Å². The Morgan fingerprint density at radius 3 is 2.75 bits per heavy atom. The molecule has 1 atom stereocenters. The van der Waals surface area contributed by atoms with Crippen molar-refractivity contribution in [2.24, 2.45) is 5.41 Å². The molecule has 1 aliphatic carbocycles. The van der Waals surface area contributed by atoms with Crippen molar-refractivity contribution in [3.63, 3.8) is 0 Å². The van der Waals surface area contributed by atoms with Crippen LogP contribution in [0.25, 0.3) is 0 Å². The van der Waals surface area contributed by atoms with E-state index in [0.717, 1.165) is 37.8 Å². The average molecular weight is 217 g/mol. The standard InChI is InChI=1S/C14H19NO/c1-3-11-4-5-12(15-10-11)8-14(2)7-6-13(16)9-14/h4-5,10H,3,6-9H2,1-2H3. The van der Waals surface area contributed by atoms with E-state index in [1.165, 1.54) is 5.56 Å². The fourth-order valence-corrected chi connectivity index (χ4v) is 2.45. The molecule has 2 nitrogen and oxygen atoms in total. The van der Waals surface area contributed by atoms with E-state index in [-0.39, 0.29) is 5.41 Å². The molecule has 0 bridgehead atoms. The zero-order valence-corrected chi connectivity index (χ0v) is 10.1. The van der Waals surface area contributed by atoms with Gasteiger partial charge in [-0.25, -0.2) is 0 Å². The number of aromatic nitrogens is 1.